The van der Waals surface area contributed by atoms with E-state index in [1.165, 1.54) is 0 Å². The second kappa shape index (κ2) is 7.07. The van der Waals surface area contributed by atoms with Gasteiger partial charge < -0.3 is 9.84 Å². The maximum atomic E-state index is 9.65. The van der Waals surface area contributed by atoms with E-state index in [-0.39, 0.29) is 6.10 Å². The van der Waals surface area contributed by atoms with E-state index in [1.54, 1.807) is 0 Å². The van der Waals surface area contributed by atoms with Gasteiger partial charge in [-0.25, -0.2) is 0 Å². The predicted octanol–water partition coefficient (Wildman–Crippen LogP) is 3.17. The maximum Gasteiger partial charge on any atom is 0.119 e. The van der Waals surface area contributed by atoms with Crippen molar-refractivity contribution in [2.24, 2.45) is 0 Å². The minimum absolute atomic E-state index is 0.291. The molecule has 0 aliphatic carbocycles. The van der Waals surface area contributed by atoms with Crippen LogP contribution in [0.3, 0.4) is 0 Å². The van der Waals surface area contributed by atoms with Gasteiger partial charge in [0.2, 0.25) is 0 Å². The molecule has 1 aromatic carbocycles. The van der Waals surface area contributed by atoms with Gasteiger partial charge in [0.05, 0.1) is 12.7 Å². The van der Waals surface area contributed by atoms with Gasteiger partial charge >= 0.3 is 0 Å². The first-order valence-electron chi connectivity index (χ1n) is 5.69. The van der Waals surface area contributed by atoms with Crippen molar-refractivity contribution in [2.45, 2.75) is 32.3 Å². The number of aliphatic hydroxyl groups excluding tert-OH is 1. The van der Waals surface area contributed by atoms with Crippen LogP contribution in [0.1, 0.15) is 26.2 Å². The summed E-state index contributed by atoms with van der Waals surface area (Å²) in [6, 6.07) is 9.66. The van der Waals surface area contributed by atoms with Gasteiger partial charge in [0.15, 0.2) is 0 Å². The van der Waals surface area contributed by atoms with Crippen LogP contribution < -0.4 is 4.74 Å². The van der Waals surface area contributed by atoms with E-state index in [2.05, 4.69) is 6.58 Å². The normalized spacial score (nSPS) is 12.1. The predicted molar refractivity (Wildman–Crippen MR) is 66.6 cm³/mol. The van der Waals surface area contributed by atoms with E-state index in [0.717, 1.165) is 24.2 Å². The molecule has 2 heteroatoms. The summed E-state index contributed by atoms with van der Waals surface area (Å²) in [7, 11) is 0. The summed E-state index contributed by atoms with van der Waals surface area (Å²) in [5.74, 6) is 0.856. The van der Waals surface area contributed by atoms with Crippen molar-refractivity contribution in [1.29, 1.82) is 0 Å². The fourth-order valence-electron chi connectivity index (χ4n) is 1.39. The third-order valence-corrected chi connectivity index (χ3v) is 2.37. The Bertz CT molecular complexity index is 306. The number of rotatable bonds is 7. The fraction of sp³-hybridized carbons (Fsp3) is 0.429. The van der Waals surface area contributed by atoms with E-state index < -0.39 is 0 Å². The molecule has 0 fully saturated rings. The molecule has 1 aromatic rings. The summed E-state index contributed by atoms with van der Waals surface area (Å²) < 4.78 is 5.50. The number of ether oxygens (including phenoxy) is 1. The largest absolute Gasteiger partial charge is 0.493 e. The number of benzene rings is 1. The zero-order valence-electron chi connectivity index (χ0n) is 9.86. The van der Waals surface area contributed by atoms with E-state index in [4.69, 9.17) is 4.74 Å². The maximum absolute atomic E-state index is 9.65. The van der Waals surface area contributed by atoms with Gasteiger partial charge in [-0.05, 0) is 31.9 Å². The zero-order valence-corrected chi connectivity index (χ0v) is 9.86. The molecule has 0 amide bonds. The molecule has 16 heavy (non-hydrogen) atoms. The van der Waals surface area contributed by atoms with Crippen molar-refractivity contribution in [1.82, 2.24) is 0 Å². The number of aliphatic hydroxyl groups is 1. The minimum Gasteiger partial charge on any atom is -0.493 e. The molecule has 0 spiro atoms. The highest BCUT2D eigenvalue weighted by molar-refractivity contribution is 5.20. The monoisotopic (exact) mass is 220 g/mol. The molecular formula is C14H20O2. The average molecular weight is 220 g/mol. The first-order valence-corrected chi connectivity index (χ1v) is 5.69. The summed E-state index contributed by atoms with van der Waals surface area (Å²) in [6.45, 7) is 6.35. The lowest BCUT2D eigenvalue weighted by Crippen LogP contribution is -2.11. The molecular weight excluding hydrogens is 200 g/mol. The Morgan fingerprint density at radius 2 is 2.00 bits per heavy atom. The molecule has 1 atom stereocenters. The van der Waals surface area contributed by atoms with Crippen molar-refractivity contribution in [3.05, 3.63) is 42.5 Å². The molecule has 0 aliphatic heterocycles. The topological polar surface area (TPSA) is 29.5 Å². The summed E-state index contributed by atoms with van der Waals surface area (Å²) in [5, 5.41) is 9.65. The number of hydrogen-bond acceptors (Lipinski definition) is 2. The quantitative estimate of drug-likeness (QED) is 0.715. The van der Waals surface area contributed by atoms with Crippen LogP contribution in [0.4, 0.5) is 0 Å². The van der Waals surface area contributed by atoms with Gasteiger partial charge in [0, 0.05) is 6.42 Å². The van der Waals surface area contributed by atoms with Crippen LogP contribution >= 0.6 is 0 Å². The van der Waals surface area contributed by atoms with Crippen molar-refractivity contribution >= 4 is 0 Å². The second-order valence-electron chi connectivity index (χ2n) is 4.10. The van der Waals surface area contributed by atoms with E-state index in [9.17, 15) is 5.11 Å². The standard InChI is InChI=1S/C14H20O2/c1-12(2)8-9-13(15)10-11-16-14-6-4-3-5-7-14/h3-7,13,15H,1,8-11H2,2H3. The molecule has 0 saturated heterocycles. The van der Waals surface area contributed by atoms with E-state index in [1.807, 2.05) is 37.3 Å². The van der Waals surface area contributed by atoms with Crippen LogP contribution in [0.2, 0.25) is 0 Å². The summed E-state index contributed by atoms with van der Waals surface area (Å²) in [4.78, 5) is 0. The Morgan fingerprint density at radius 1 is 1.31 bits per heavy atom. The molecule has 0 heterocycles. The van der Waals surface area contributed by atoms with Gasteiger partial charge in [0.25, 0.3) is 0 Å². The smallest absolute Gasteiger partial charge is 0.119 e. The molecule has 1 N–H and O–H groups in total. The highest BCUT2D eigenvalue weighted by Gasteiger charge is 2.04. The first kappa shape index (κ1) is 12.8. The van der Waals surface area contributed by atoms with Crippen molar-refractivity contribution in [2.75, 3.05) is 6.61 Å². The van der Waals surface area contributed by atoms with Crippen LogP contribution in [-0.2, 0) is 0 Å². The van der Waals surface area contributed by atoms with Gasteiger partial charge in [-0.2, -0.15) is 0 Å². The number of hydrogen-bond donors (Lipinski definition) is 1. The molecule has 0 saturated carbocycles. The third-order valence-electron chi connectivity index (χ3n) is 2.37. The highest BCUT2D eigenvalue weighted by atomic mass is 16.5. The van der Waals surface area contributed by atoms with Crippen molar-refractivity contribution < 1.29 is 9.84 Å². The van der Waals surface area contributed by atoms with Crippen molar-refractivity contribution in [3.63, 3.8) is 0 Å². The van der Waals surface area contributed by atoms with Gasteiger partial charge in [-0.1, -0.05) is 23.8 Å². The first-order chi connectivity index (χ1) is 7.68. The summed E-state index contributed by atoms with van der Waals surface area (Å²) in [6.07, 6.45) is 2.03. The van der Waals surface area contributed by atoms with Crippen LogP contribution in [0.25, 0.3) is 0 Å². The average Bonchev–Trinajstić information content (AvgIpc) is 2.28. The fourth-order valence-corrected chi connectivity index (χ4v) is 1.39. The molecule has 0 radical (unpaired) electrons. The van der Waals surface area contributed by atoms with Crippen LogP contribution in [0.15, 0.2) is 42.5 Å². The Morgan fingerprint density at radius 3 is 2.62 bits per heavy atom. The molecule has 88 valence electrons. The van der Waals surface area contributed by atoms with Gasteiger partial charge in [-0.3, -0.25) is 0 Å². The Balaban J connectivity index is 2.13. The molecule has 0 aliphatic rings. The van der Waals surface area contributed by atoms with Gasteiger partial charge in [-0.15, -0.1) is 6.58 Å². The lowest BCUT2D eigenvalue weighted by molar-refractivity contribution is 0.131. The van der Waals surface area contributed by atoms with Gasteiger partial charge in [0.1, 0.15) is 5.75 Å². The number of para-hydroxylation sites is 1. The molecule has 0 bridgehead atoms. The lowest BCUT2D eigenvalue weighted by atomic mass is 10.1. The Hall–Kier alpha value is -1.28. The second-order valence-corrected chi connectivity index (χ2v) is 4.10. The minimum atomic E-state index is -0.291. The van der Waals surface area contributed by atoms with Crippen LogP contribution in [-0.4, -0.2) is 17.8 Å². The number of allylic oxidation sites excluding steroid dienone is 1. The van der Waals surface area contributed by atoms with Crippen LogP contribution in [0, 0.1) is 0 Å². The van der Waals surface area contributed by atoms with Crippen LogP contribution in [0.5, 0.6) is 5.75 Å². The molecule has 1 unspecified atom stereocenters. The lowest BCUT2D eigenvalue weighted by Gasteiger charge is -2.11. The summed E-state index contributed by atoms with van der Waals surface area (Å²) in [5.41, 5.74) is 1.11. The SMILES string of the molecule is C=C(C)CCC(O)CCOc1ccccc1. The zero-order chi connectivity index (χ0) is 11.8. The van der Waals surface area contributed by atoms with Crippen molar-refractivity contribution in [3.8, 4) is 5.75 Å². The Labute approximate surface area is 97.6 Å². The molecule has 2 nitrogen and oxygen atoms in total. The Kier molecular flexibility index (Phi) is 5.65. The molecule has 0 aromatic heterocycles. The van der Waals surface area contributed by atoms with E-state index in [0.29, 0.717) is 13.0 Å². The summed E-state index contributed by atoms with van der Waals surface area (Å²) >= 11 is 0. The highest BCUT2D eigenvalue weighted by Crippen LogP contribution is 2.11. The van der Waals surface area contributed by atoms with E-state index >= 15 is 0 Å². The third kappa shape index (κ3) is 5.56. The molecule has 1 rings (SSSR count).